The maximum Gasteiger partial charge on any atom is 0.0172 e. The smallest absolute Gasteiger partial charge is 0.0172 e. The summed E-state index contributed by atoms with van der Waals surface area (Å²) in [6, 6.07) is 0. The molecule has 0 aromatic rings. The van der Waals surface area contributed by atoms with E-state index < -0.39 is 9.17 Å². The van der Waals surface area contributed by atoms with Crippen molar-refractivity contribution in [1.82, 2.24) is 0 Å². The molecule has 0 radical (unpaired) electrons. The molecule has 4 heteroatoms. The summed E-state index contributed by atoms with van der Waals surface area (Å²) < 4.78 is 8.52. The molecule has 72 valence electrons. The minimum absolute atomic E-state index is 3.00. The summed E-state index contributed by atoms with van der Waals surface area (Å²) >= 11 is 0. The summed E-state index contributed by atoms with van der Waals surface area (Å²) in [6.07, 6.45) is 0. The van der Waals surface area contributed by atoms with Crippen LogP contribution in [0.5, 0.6) is 0 Å². The van der Waals surface area contributed by atoms with Crippen molar-refractivity contribution in [2.75, 3.05) is 0 Å². The molecule has 0 spiro atoms. The summed E-state index contributed by atoms with van der Waals surface area (Å²) in [5.74, 6) is 0. The van der Waals surface area contributed by atoms with Gasteiger partial charge >= 0.3 is 0 Å². The minimum Gasteiger partial charge on any atom is -0.672 e. The van der Waals surface area contributed by atoms with Gasteiger partial charge in [0.25, 0.3) is 0 Å². The maximum absolute atomic E-state index is 8.52. The van der Waals surface area contributed by atoms with Gasteiger partial charge in [0, 0.05) is 9.17 Å². The Hall–Kier alpha value is -1.42. The Kier molecular flexibility index (Phi) is 736. The van der Waals surface area contributed by atoms with Gasteiger partial charge in [-0.1, -0.05) is 0 Å². The van der Waals surface area contributed by atoms with Crippen LogP contribution in [0.2, 0.25) is 0 Å². The first-order chi connectivity index (χ1) is 5.73. The topological polar surface area (TPSA) is 63.2 Å². The highest BCUT2D eigenvalue weighted by Gasteiger charge is 1.29. The maximum atomic E-state index is 8.52. The van der Waals surface area contributed by atoms with Gasteiger partial charge in [-0.15, -0.1) is 52.6 Å². The van der Waals surface area contributed by atoms with Crippen molar-refractivity contribution in [3.63, 3.8) is 0 Å². The molecule has 0 atom stereocenters. The van der Waals surface area contributed by atoms with E-state index in [1.807, 2.05) is 0 Å². The molecular weight excluding hydrogens is 172 g/mol. The second-order valence-corrected chi connectivity index (χ2v) is 0.750. The van der Waals surface area contributed by atoms with Crippen LogP contribution < -0.4 is 9.59 Å². The van der Waals surface area contributed by atoms with E-state index in [2.05, 4.69) is 52.6 Å². The van der Waals surface area contributed by atoms with E-state index in [1.54, 1.807) is 0 Å². The van der Waals surface area contributed by atoms with Gasteiger partial charge in [-0.3, -0.25) is 0 Å². The second kappa shape index (κ2) is 283. The predicted molar refractivity (Wildman–Crippen MR) is 51.5 cm³/mol. The third kappa shape index (κ3) is 243. The molecule has 12 heavy (non-hydrogen) atoms. The van der Waals surface area contributed by atoms with Gasteiger partial charge in [0.15, 0.2) is 0 Å². The molecule has 0 heterocycles. The molecule has 0 unspecified atom stereocenters. The lowest BCUT2D eigenvalue weighted by atomic mass is 11.3. The number of hydrogen-bond donors (Lipinski definition) is 0. The Bertz CT molecular complexity index is 64.7. The van der Waals surface area contributed by atoms with Crippen molar-refractivity contribution in [2.45, 2.75) is 0 Å². The van der Waals surface area contributed by atoms with Crippen LogP contribution in [0.15, 0.2) is 52.6 Å². The highest BCUT2D eigenvalue weighted by atomic mass is 28.3. The van der Waals surface area contributed by atoms with Crippen molar-refractivity contribution in [2.24, 2.45) is 0 Å². The molecule has 0 rings (SSSR count). The molecule has 0 aliphatic carbocycles. The molecule has 0 aromatic carbocycles. The monoisotopic (exact) mass is 188 g/mol. The quantitative estimate of drug-likeness (QED) is 0.406. The molecule has 0 aliphatic heterocycles. The highest BCUT2D eigenvalue weighted by Crippen LogP contribution is 0.990. The van der Waals surface area contributed by atoms with Crippen LogP contribution in [0.4, 0.5) is 0 Å². The zero-order chi connectivity index (χ0) is 11.6. The van der Waals surface area contributed by atoms with Gasteiger partial charge < -0.3 is 14.1 Å². The fourth-order valence-electron chi connectivity index (χ4n) is 0. The number of hydrogen-bond acceptors (Lipinski definition) is 3. The van der Waals surface area contributed by atoms with Crippen molar-refractivity contribution in [3.05, 3.63) is 52.6 Å². The fourth-order valence-corrected chi connectivity index (χ4v) is 0. The zero-order valence-electron chi connectivity index (χ0n) is 7.38. The third-order valence-electron chi connectivity index (χ3n) is 0. The van der Waals surface area contributed by atoms with E-state index in [-0.39, 0.29) is 0 Å². The highest BCUT2D eigenvalue weighted by molar-refractivity contribution is 6.17. The predicted octanol–water partition coefficient (Wildman–Crippen LogP) is 0.331. The lowest BCUT2D eigenvalue weighted by Gasteiger charge is -1.94. The van der Waals surface area contributed by atoms with Gasteiger partial charge in [0.05, 0.1) is 0 Å². The average molecular weight is 188 g/mol. The van der Waals surface area contributed by atoms with Crippen LogP contribution in [-0.4, -0.2) is 9.17 Å². The molecule has 3 nitrogen and oxygen atoms in total. The Morgan fingerprint density at radius 1 is 0.667 bits per heavy atom. The Balaban J connectivity index is -0.0000000181. The molecule has 0 saturated heterocycles. The van der Waals surface area contributed by atoms with Gasteiger partial charge in [-0.05, 0) is 0 Å². The Morgan fingerprint density at radius 3 is 0.667 bits per heavy atom. The molecule has 0 bridgehead atoms. The molecule has 0 aliphatic rings. The Morgan fingerprint density at radius 2 is 0.667 bits per heavy atom. The summed E-state index contributed by atoms with van der Waals surface area (Å²) in [5.41, 5.74) is 0. The normalized spacial score (nSPS) is 3.33. The van der Waals surface area contributed by atoms with Crippen LogP contribution in [0.3, 0.4) is 0 Å². The van der Waals surface area contributed by atoms with Crippen LogP contribution in [0, 0.1) is 0 Å². The molecule has 0 fully saturated rings. The fraction of sp³-hybridized carbons (Fsp3) is 0. The van der Waals surface area contributed by atoms with Crippen molar-refractivity contribution in [1.29, 1.82) is 0 Å². The van der Waals surface area contributed by atoms with E-state index in [0.717, 1.165) is 0 Å². The van der Waals surface area contributed by atoms with E-state index in [9.17, 15) is 0 Å². The summed E-state index contributed by atoms with van der Waals surface area (Å²) in [7, 11) is -3.63. The average Bonchev–Trinajstić information content (AvgIpc) is 2.16. The van der Waals surface area contributed by atoms with E-state index in [4.69, 9.17) is 14.1 Å². The molecule has 0 amide bonds. The second-order valence-electron chi connectivity index (χ2n) is 0.250. The summed E-state index contributed by atoms with van der Waals surface area (Å²) in [5, 5.41) is 0. The van der Waals surface area contributed by atoms with Crippen molar-refractivity contribution < 1.29 is 14.1 Å². The van der Waals surface area contributed by atoms with Crippen LogP contribution in [-0.2, 0) is 4.46 Å². The lowest BCUT2D eigenvalue weighted by molar-refractivity contribution is -0.354. The SMILES string of the molecule is C=C.C=C.C=C.C=C.O=[Si]([O-])[O-]. The van der Waals surface area contributed by atoms with Gasteiger partial charge in [0.2, 0.25) is 0 Å². The first-order valence-electron chi connectivity index (χ1n) is 2.61. The first kappa shape index (κ1) is 31.2. The van der Waals surface area contributed by atoms with Crippen molar-refractivity contribution >= 4 is 9.17 Å². The molecule has 0 N–H and O–H groups in total. The molecule has 0 saturated carbocycles. The van der Waals surface area contributed by atoms with Crippen molar-refractivity contribution in [3.8, 4) is 0 Å². The standard InChI is InChI=1S/4C2H4.O3Si/c4*1-2;1-4(2)3/h4*1-2H2;/q;;;;-2. The van der Waals surface area contributed by atoms with E-state index in [1.165, 1.54) is 0 Å². The first-order valence-corrected chi connectivity index (χ1v) is 3.84. The van der Waals surface area contributed by atoms with Crippen LogP contribution in [0.25, 0.3) is 0 Å². The lowest BCUT2D eigenvalue weighted by Crippen LogP contribution is -2.34. The minimum atomic E-state index is -3.63. The molecule has 0 aromatic heterocycles. The van der Waals surface area contributed by atoms with E-state index in [0.29, 0.717) is 0 Å². The van der Waals surface area contributed by atoms with Gasteiger partial charge in [0.1, 0.15) is 0 Å². The summed E-state index contributed by atoms with van der Waals surface area (Å²) in [4.78, 5) is 17.0. The summed E-state index contributed by atoms with van der Waals surface area (Å²) in [6.45, 7) is 24.0. The van der Waals surface area contributed by atoms with E-state index >= 15 is 0 Å². The Labute approximate surface area is 76.6 Å². The third-order valence-corrected chi connectivity index (χ3v) is 0. The zero-order valence-corrected chi connectivity index (χ0v) is 8.38. The number of rotatable bonds is 0. The largest absolute Gasteiger partial charge is 0.672 e. The molecular formula is C8H16O3Si-2. The van der Waals surface area contributed by atoms with Gasteiger partial charge in [-0.25, -0.2) is 0 Å². The van der Waals surface area contributed by atoms with Crippen LogP contribution in [0.1, 0.15) is 0 Å². The van der Waals surface area contributed by atoms with Gasteiger partial charge in [-0.2, -0.15) is 0 Å². The van der Waals surface area contributed by atoms with Crippen LogP contribution >= 0.6 is 0 Å².